The van der Waals surface area contributed by atoms with Crippen LogP contribution in [0.15, 0.2) is 47.6 Å². The molecule has 0 fully saturated rings. The Morgan fingerprint density at radius 3 is 2.32 bits per heavy atom. The number of hydrogen-bond acceptors (Lipinski definition) is 6. The fourth-order valence-electron chi connectivity index (χ4n) is 2.49. The average molecular weight is 385 g/mol. The van der Waals surface area contributed by atoms with Gasteiger partial charge in [-0.05, 0) is 35.6 Å². The van der Waals surface area contributed by atoms with Crippen molar-refractivity contribution in [2.75, 3.05) is 20.3 Å². The number of hydrogen-bond donors (Lipinski definition) is 1. The van der Waals surface area contributed by atoms with Gasteiger partial charge in [0.15, 0.2) is 6.61 Å². The number of benzene rings is 2. The Morgan fingerprint density at radius 2 is 1.75 bits per heavy atom. The zero-order chi connectivity index (χ0) is 20.7. The van der Waals surface area contributed by atoms with E-state index in [9.17, 15) is 9.90 Å². The molecule has 2 aromatic rings. The predicted molar refractivity (Wildman–Crippen MR) is 108 cm³/mol. The van der Waals surface area contributed by atoms with E-state index in [1.807, 2.05) is 19.1 Å². The molecule has 0 aromatic heterocycles. The summed E-state index contributed by atoms with van der Waals surface area (Å²) >= 11 is 0. The highest BCUT2D eigenvalue weighted by molar-refractivity contribution is 5.98. The van der Waals surface area contributed by atoms with Crippen LogP contribution in [0, 0.1) is 0 Å². The van der Waals surface area contributed by atoms with Crippen molar-refractivity contribution in [3.63, 3.8) is 0 Å². The van der Waals surface area contributed by atoms with E-state index >= 15 is 0 Å². The maximum Gasteiger partial charge on any atom is 0.341 e. The van der Waals surface area contributed by atoms with Crippen LogP contribution in [0.2, 0.25) is 0 Å². The van der Waals surface area contributed by atoms with Crippen LogP contribution in [0.25, 0.3) is 0 Å². The topological polar surface area (TPSA) is 77.4 Å². The maximum atomic E-state index is 11.4. The summed E-state index contributed by atoms with van der Waals surface area (Å²) in [7, 11) is 1.25. The van der Waals surface area contributed by atoms with Gasteiger partial charge in [-0.1, -0.05) is 50.2 Å². The van der Waals surface area contributed by atoms with Gasteiger partial charge in [0.25, 0.3) is 0 Å². The molecule has 1 N–H and O–H groups in total. The van der Waals surface area contributed by atoms with Gasteiger partial charge in [0.05, 0.1) is 12.8 Å². The fourth-order valence-corrected chi connectivity index (χ4v) is 2.49. The molecule has 6 heteroatoms. The Kier molecular flexibility index (Phi) is 7.04. The highest BCUT2D eigenvalue weighted by Crippen LogP contribution is 2.24. The second-order valence-electron chi connectivity index (χ2n) is 7.36. The number of oxime groups is 1. The molecule has 0 aliphatic heterocycles. The second kappa shape index (κ2) is 9.26. The minimum atomic E-state index is -0.604. The molecule has 2 aromatic carbocycles. The number of phenols is 1. The van der Waals surface area contributed by atoms with Gasteiger partial charge in [-0.2, -0.15) is 0 Å². The standard InChI is InChI=1S/C22H27NO5/c1-15(16-6-8-17(9-7-16)22(2,3)4)23-28-13-12-27-18-10-11-19(20(24)14-18)21(25)26-5/h6-11,14,24H,12-13H2,1-5H3. The van der Waals surface area contributed by atoms with Crippen molar-refractivity contribution in [1.82, 2.24) is 0 Å². The van der Waals surface area contributed by atoms with Crippen LogP contribution in [0.4, 0.5) is 0 Å². The van der Waals surface area contributed by atoms with Crippen LogP contribution in [-0.4, -0.2) is 37.1 Å². The molecule has 150 valence electrons. The predicted octanol–water partition coefficient (Wildman–Crippen LogP) is 4.30. The number of carbonyl (C=O) groups is 1. The largest absolute Gasteiger partial charge is 0.507 e. The first kappa shape index (κ1) is 21.3. The van der Waals surface area contributed by atoms with Crippen molar-refractivity contribution in [2.45, 2.75) is 33.1 Å². The summed E-state index contributed by atoms with van der Waals surface area (Å²) in [6, 6.07) is 12.6. The first-order chi connectivity index (χ1) is 13.2. The summed E-state index contributed by atoms with van der Waals surface area (Å²) in [4.78, 5) is 16.7. The van der Waals surface area contributed by atoms with Crippen LogP contribution < -0.4 is 4.74 Å². The first-order valence-electron chi connectivity index (χ1n) is 9.04. The van der Waals surface area contributed by atoms with Gasteiger partial charge >= 0.3 is 5.97 Å². The zero-order valence-electron chi connectivity index (χ0n) is 17.0. The molecule has 0 unspecified atom stereocenters. The summed E-state index contributed by atoms with van der Waals surface area (Å²) in [5.74, 6) is -0.377. The van der Waals surface area contributed by atoms with Crippen molar-refractivity contribution in [3.8, 4) is 11.5 Å². The molecule has 0 spiro atoms. The van der Waals surface area contributed by atoms with E-state index in [0.717, 1.165) is 11.3 Å². The van der Waals surface area contributed by atoms with Crippen LogP contribution in [-0.2, 0) is 15.0 Å². The maximum absolute atomic E-state index is 11.4. The lowest BCUT2D eigenvalue weighted by atomic mass is 9.86. The Hall–Kier alpha value is -3.02. The molecule has 6 nitrogen and oxygen atoms in total. The van der Waals surface area contributed by atoms with Crippen molar-refractivity contribution in [2.24, 2.45) is 5.16 Å². The quantitative estimate of drug-likeness (QED) is 0.333. The minimum absolute atomic E-state index is 0.0869. The monoisotopic (exact) mass is 385 g/mol. The molecule has 0 aliphatic rings. The Balaban J connectivity index is 1.83. The summed E-state index contributed by atoms with van der Waals surface area (Å²) in [6.45, 7) is 8.91. The van der Waals surface area contributed by atoms with Gasteiger partial charge < -0.3 is 19.4 Å². The van der Waals surface area contributed by atoms with Crippen LogP contribution >= 0.6 is 0 Å². The number of methoxy groups -OCH3 is 1. The number of rotatable bonds is 7. The molecule has 0 bridgehead atoms. The van der Waals surface area contributed by atoms with Crippen LogP contribution in [0.1, 0.15) is 49.2 Å². The molecule has 0 heterocycles. The average Bonchev–Trinajstić information content (AvgIpc) is 2.66. The Bertz CT molecular complexity index is 835. The molecular formula is C22H27NO5. The third kappa shape index (κ3) is 5.74. The van der Waals surface area contributed by atoms with E-state index in [1.165, 1.54) is 24.8 Å². The van der Waals surface area contributed by atoms with Crippen molar-refractivity contribution < 1.29 is 24.2 Å². The number of carbonyl (C=O) groups excluding carboxylic acids is 1. The van der Waals surface area contributed by atoms with Gasteiger partial charge in [0.2, 0.25) is 0 Å². The fraction of sp³-hybridized carbons (Fsp3) is 0.364. The number of nitrogens with zero attached hydrogens (tertiary/aromatic N) is 1. The molecule has 0 atom stereocenters. The number of esters is 1. The van der Waals surface area contributed by atoms with E-state index in [4.69, 9.17) is 9.57 Å². The summed E-state index contributed by atoms with van der Waals surface area (Å²) in [5.41, 5.74) is 3.24. The van der Waals surface area contributed by atoms with E-state index in [-0.39, 0.29) is 29.9 Å². The number of phenolic OH excluding ortho intramolecular Hbond substituents is 1. The smallest absolute Gasteiger partial charge is 0.341 e. The van der Waals surface area contributed by atoms with E-state index in [2.05, 4.69) is 42.8 Å². The van der Waals surface area contributed by atoms with Gasteiger partial charge in [-0.3, -0.25) is 0 Å². The van der Waals surface area contributed by atoms with E-state index < -0.39 is 5.97 Å². The molecule has 28 heavy (non-hydrogen) atoms. The summed E-state index contributed by atoms with van der Waals surface area (Å²) in [6.07, 6.45) is 0. The second-order valence-corrected chi connectivity index (χ2v) is 7.36. The number of ether oxygens (including phenoxy) is 2. The molecule has 2 rings (SSSR count). The lowest BCUT2D eigenvalue weighted by molar-refractivity contribution is 0.0597. The third-order valence-corrected chi connectivity index (χ3v) is 4.19. The van der Waals surface area contributed by atoms with Crippen molar-refractivity contribution >= 4 is 11.7 Å². The molecule has 0 saturated carbocycles. The molecule has 0 saturated heterocycles. The molecule has 0 aliphatic carbocycles. The molecule has 0 radical (unpaired) electrons. The minimum Gasteiger partial charge on any atom is -0.507 e. The third-order valence-electron chi connectivity index (χ3n) is 4.19. The van der Waals surface area contributed by atoms with Gasteiger partial charge in [0.1, 0.15) is 23.7 Å². The van der Waals surface area contributed by atoms with E-state index in [0.29, 0.717) is 5.75 Å². The van der Waals surface area contributed by atoms with Gasteiger partial charge in [-0.15, -0.1) is 0 Å². The normalized spacial score (nSPS) is 11.8. The van der Waals surface area contributed by atoms with E-state index in [1.54, 1.807) is 6.07 Å². The SMILES string of the molecule is COC(=O)c1ccc(OCCON=C(C)c2ccc(C(C)(C)C)cc2)cc1O. The first-order valence-corrected chi connectivity index (χ1v) is 9.04. The zero-order valence-corrected chi connectivity index (χ0v) is 17.0. The Morgan fingerprint density at radius 1 is 1.07 bits per heavy atom. The van der Waals surface area contributed by atoms with Gasteiger partial charge in [-0.25, -0.2) is 4.79 Å². The number of aromatic hydroxyl groups is 1. The highest BCUT2D eigenvalue weighted by atomic mass is 16.6. The van der Waals surface area contributed by atoms with Crippen LogP contribution in [0.3, 0.4) is 0 Å². The lowest BCUT2D eigenvalue weighted by Gasteiger charge is -2.19. The van der Waals surface area contributed by atoms with Crippen molar-refractivity contribution in [1.29, 1.82) is 0 Å². The summed E-state index contributed by atoms with van der Waals surface area (Å²) < 4.78 is 10.1. The van der Waals surface area contributed by atoms with Crippen molar-refractivity contribution in [3.05, 3.63) is 59.2 Å². The summed E-state index contributed by atoms with van der Waals surface area (Å²) in [5, 5.41) is 13.9. The Labute approximate surface area is 165 Å². The van der Waals surface area contributed by atoms with Gasteiger partial charge in [0, 0.05) is 6.07 Å². The van der Waals surface area contributed by atoms with Crippen LogP contribution in [0.5, 0.6) is 11.5 Å². The molecular weight excluding hydrogens is 358 g/mol. The molecule has 0 amide bonds. The lowest BCUT2D eigenvalue weighted by Crippen LogP contribution is -2.11. The highest BCUT2D eigenvalue weighted by Gasteiger charge is 2.13.